The summed E-state index contributed by atoms with van der Waals surface area (Å²) in [5.74, 6) is 0.718. The summed E-state index contributed by atoms with van der Waals surface area (Å²) in [6, 6.07) is 15.3. The molecule has 0 spiro atoms. The van der Waals surface area contributed by atoms with Gasteiger partial charge in [0.05, 0.1) is 0 Å². The molecule has 92 valence electrons. The van der Waals surface area contributed by atoms with E-state index in [4.69, 9.17) is 4.74 Å². The Bertz CT molecular complexity index is 538. The summed E-state index contributed by atoms with van der Waals surface area (Å²) < 4.78 is 5.70. The Morgan fingerprint density at radius 3 is 2.78 bits per heavy atom. The van der Waals surface area contributed by atoms with Crippen LogP contribution in [0.15, 0.2) is 53.4 Å². The highest BCUT2D eigenvalue weighted by molar-refractivity contribution is 7.98. The van der Waals surface area contributed by atoms with Crippen molar-refractivity contribution < 1.29 is 9.53 Å². The van der Waals surface area contributed by atoms with Gasteiger partial charge in [0.25, 0.3) is 0 Å². The lowest BCUT2D eigenvalue weighted by atomic mass is 10.2. The highest BCUT2D eigenvalue weighted by atomic mass is 32.2. The Labute approximate surface area is 111 Å². The largest absolute Gasteiger partial charge is 0.489 e. The first-order chi connectivity index (χ1) is 8.83. The number of ether oxygens (including phenoxy) is 1. The second kappa shape index (κ2) is 6.26. The topological polar surface area (TPSA) is 26.3 Å². The minimum atomic E-state index is 0.513. The molecule has 0 saturated carbocycles. The van der Waals surface area contributed by atoms with Gasteiger partial charge in [-0.3, -0.25) is 4.79 Å². The zero-order valence-electron chi connectivity index (χ0n) is 10.1. The molecular formula is C15H14O2S. The van der Waals surface area contributed by atoms with Crippen molar-refractivity contribution in [1.82, 2.24) is 0 Å². The Morgan fingerprint density at radius 2 is 2.00 bits per heavy atom. The first kappa shape index (κ1) is 12.7. The third kappa shape index (κ3) is 3.14. The number of carbonyl (C=O) groups is 1. The molecule has 0 heterocycles. The maximum atomic E-state index is 10.7. The van der Waals surface area contributed by atoms with Crippen LogP contribution in [0.5, 0.6) is 5.75 Å². The molecule has 0 bridgehead atoms. The molecule has 0 N–H and O–H groups in total. The molecule has 0 aliphatic carbocycles. The van der Waals surface area contributed by atoms with Crippen LogP contribution in [0.3, 0.4) is 0 Å². The molecule has 0 aliphatic heterocycles. The van der Waals surface area contributed by atoms with E-state index in [1.165, 1.54) is 4.90 Å². The van der Waals surface area contributed by atoms with E-state index in [1.807, 2.05) is 30.5 Å². The van der Waals surface area contributed by atoms with Crippen LogP contribution in [0, 0.1) is 0 Å². The van der Waals surface area contributed by atoms with E-state index < -0.39 is 0 Å². The molecule has 0 saturated heterocycles. The molecule has 0 aromatic heterocycles. The van der Waals surface area contributed by atoms with Crippen molar-refractivity contribution in [3.8, 4) is 5.75 Å². The molecule has 18 heavy (non-hydrogen) atoms. The van der Waals surface area contributed by atoms with Gasteiger partial charge < -0.3 is 4.74 Å². The average molecular weight is 258 g/mol. The third-order valence-corrected chi connectivity index (χ3v) is 3.42. The van der Waals surface area contributed by atoms with Crippen LogP contribution >= 0.6 is 11.8 Å². The summed E-state index contributed by atoms with van der Waals surface area (Å²) in [5, 5.41) is 0. The maximum Gasteiger partial charge on any atom is 0.150 e. The van der Waals surface area contributed by atoms with Crippen LogP contribution in [-0.2, 0) is 6.61 Å². The molecular weight excluding hydrogens is 244 g/mol. The van der Waals surface area contributed by atoms with Crippen LogP contribution in [0.4, 0.5) is 0 Å². The first-order valence-corrected chi connectivity index (χ1v) is 6.86. The summed E-state index contributed by atoms with van der Waals surface area (Å²) in [7, 11) is 0. The molecule has 2 aromatic carbocycles. The average Bonchev–Trinajstić information content (AvgIpc) is 2.45. The standard InChI is InChI=1S/C15H14O2S/c1-18-15-8-3-2-6-13(15)11-17-14-7-4-5-12(9-14)10-16/h2-10H,11H2,1H3. The van der Waals surface area contributed by atoms with E-state index in [-0.39, 0.29) is 0 Å². The second-order valence-corrected chi connectivity index (χ2v) is 4.64. The zero-order valence-corrected chi connectivity index (χ0v) is 10.9. The summed E-state index contributed by atoms with van der Waals surface area (Å²) in [6.07, 6.45) is 2.87. The Kier molecular flexibility index (Phi) is 4.42. The fourth-order valence-electron chi connectivity index (χ4n) is 1.66. The number of rotatable bonds is 5. The van der Waals surface area contributed by atoms with Gasteiger partial charge >= 0.3 is 0 Å². The van der Waals surface area contributed by atoms with Gasteiger partial charge in [0, 0.05) is 16.0 Å². The lowest BCUT2D eigenvalue weighted by Gasteiger charge is -2.09. The number of carbonyl (C=O) groups excluding carboxylic acids is 1. The van der Waals surface area contributed by atoms with Crippen molar-refractivity contribution in [2.24, 2.45) is 0 Å². The fourth-order valence-corrected chi connectivity index (χ4v) is 2.26. The highest BCUT2D eigenvalue weighted by Gasteiger charge is 2.02. The lowest BCUT2D eigenvalue weighted by Crippen LogP contribution is -1.97. The summed E-state index contributed by atoms with van der Waals surface area (Å²) >= 11 is 1.70. The number of thioether (sulfide) groups is 1. The number of aldehydes is 1. The van der Waals surface area contributed by atoms with Crippen molar-refractivity contribution in [3.63, 3.8) is 0 Å². The normalized spacial score (nSPS) is 10.1. The van der Waals surface area contributed by atoms with E-state index >= 15 is 0 Å². The highest BCUT2D eigenvalue weighted by Crippen LogP contribution is 2.22. The van der Waals surface area contributed by atoms with Crippen molar-refractivity contribution in [1.29, 1.82) is 0 Å². The second-order valence-electron chi connectivity index (χ2n) is 3.79. The first-order valence-electron chi connectivity index (χ1n) is 5.63. The van der Waals surface area contributed by atoms with Crippen molar-refractivity contribution in [3.05, 3.63) is 59.7 Å². The quantitative estimate of drug-likeness (QED) is 0.602. The van der Waals surface area contributed by atoms with Gasteiger partial charge in [-0.05, 0) is 24.5 Å². The predicted molar refractivity (Wildman–Crippen MR) is 74.4 cm³/mol. The van der Waals surface area contributed by atoms with Gasteiger partial charge in [-0.2, -0.15) is 0 Å². The van der Waals surface area contributed by atoms with Gasteiger partial charge in [-0.25, -0.2) is 0 Å². The molecule has 2 nitrogen and oxygen atoms in total. The predicted octanol–water partition coefficient (Wildman–Crippen LogP) is 3.80. The fraction of sp³-hybridized carbons (Fsp3) is 0.133. The van der Waals surface area contributed by atoms with E-state index in [2.05, 4.69) is 12.1 Å². The molecule has 0 amide bonds. The third-order valence-electron chi connectivity index (χ3n) is 2.58. The van der Waals surface area contributed by atoms with Gasteiger partial charge in [-0.15, -0.1) is 11.8 Å². The van der Waals surface area contributed by atoms with Crippen molar-refractivity contribution in [2.45, 2.75) is 11.5 Å². The number of benzene rings is 2. The van der Waals surface area contributed by atoms with Gasteiger partial charge in [0.15, 0.2) is 0 Å². The minimum Gasteiger partial charge on any atom is -0.489 e. The Hall–Kier alpha value is -1.74. The van der Waals surface area contributed by atoms with Gasteiger partial charge in [0.2, 0.25) is 0 Å². The van der Waals surface area contributed by atoms with Gasteiger partial charge in [-0.1, -0.05) is 30.3 Å². The van der Waals surface area contributed by atoms with Crippen LogP contribution < -0.4 is 4.74 Å². The molecule has 3 heteroatoms. The Morgan fingerprint density at radius 1 is 1.17 bits per heavy atom. The zero-order chi connectivity index (χ0) is 12.8. The molecule has 0 aliphatic rings. The van der Waals surface area contributed by atoms with Crippen molar-refractivity contribution in [2.75, 3.05) is 6.26 Å². The van der Waals surface area contributed by atoms with Crippen LogP contribution in [0.1, 0.15) is 15.9 Å². The van der Waals surface area contributed by atoms with Crippen LogP contribution in [0.25, 0.3) is 0 Å². The smallest absolute Gasteiger partial charge is 0.150 e. The molecule has 0 fully saturated rings. The Balaban J connectivity index is 2.08. The van der Waals surface area contributed by atoms with Crippen molar-refractivity contribution >= 4 is 18.0 Å². The SMILES string of the molecule is CSc1ccccc1COc1cccc(C=O)c1. The molecule has 0 atom stereocenters. The van der Waals surface area contributed by atoms with E-state index in [0.29, 0.717) is 12.2 Å². The number of hydrogen-bond acceptors (Lipinski definition) is 3. The minimum absolute atomic E-state index is 0.513. The molecule has 2 rings (SSSR count). The summed E-state index contributed by atoms with van der Waals surface area (Å²) in [6.45, 7) is 0.513. The molecule has 0 unspecified atom stereocenters. The monoisotopic (exact) mass is 258 g/mol. The van der Waals surface area contributed by atoms with Crippen LogP contribution in [0.2, 0.25) is 0 Å². The van der Waals surface area contributed by atoms with E-state index in [1.54, 1.807) is 23.9 Å². The molecule has 0 radical (unpaired) electrons. The lowest BCUT2D eigenvalue weighted by molar-refractivity contribution is 0.112. The van der Waals surface area contributed by atoms with Gasteiger partial charge in [0.1, 0.15) is 18.6 Å². The van der Waals surface area contributed by atoms with Crippen LogP contribution in [-0.4, -0.2) is 12.5 Å². The summed E-state index contributed by atoms with van der Waals surface area (Å²) in [5.41, 5.74) is 1.78. The molecule has 2 aromatic rings. The summed E-state index contributed by atoms with van der Waals surface area (Å²) in [4.78, 5) is 11.9. The maximum absolute atomic E-state index is 10.7. The van der Waals surface area contributed by atoms with E-state index in [9.17, 15) is 4.79 Å². The number of hydrogen-bond donors (Lipinski definition) is 0. The van der Waals surface area contributed by atoms with E-state index in [0.717, 1.165) is 17.6 Å².